The number of aromatic nitrogens is 2. The molecule has 1 atom stereocenters. The molecule has 1 aliphatic carbocycles. The molecule has 2 aromatic heterocycles. The van der Waals surface area contributed by atoms with Gasteiger partial charge in [-0.3, -0.25) is 4.79 Å². The number of halogens is 1. The maximum absolute atomic E-state index is 13.2. The number of carbonyl (C=O) groups is 1. The first-order chi connectivity index (χ1) is 16.5. The lowest BCUT2D eigenvalue weighted by Gasteiger charge is -2.36. The van der Waals surface area contributed by atoms with Crippen LogP contribution in [0.5, 0.6) is 0 Å². The molecule has 1 aromatic carbocycles. The maximum atomic E-state index is 13.2. The minimum atomic E-state index is -0.274. The second-order valence-electron chi connectivity index (χ2n) is 9.63. The van der Waals surface area contributed by atoms with E-state index in [1.807, 2.05) is 16.2 Å². The average molecular weight is 481 g/mol. The average Bonchev–Trinajstić information content (AvgIpc) is 3.05. The van der Waals surface area contributed by atoms with Gasteiger partial charge in [0.2, 0.25) is 5.91 Å². The number of benzene rings is 1. The quantitative estimate of drug-likeness (QED) is 0.452. The summed E-state index contributed by atoms with van der Waals surface area (Å²) in [7, 11) is 0. The third-order valence-electron chi connectivity index (χ3n) is 7.32. The lowest BCUT2D eigenvalue weighted by molar-refractivity contribution is -0.130. The highest BCUT2D eigenvalue weighted by Crippen LogP contribution is 2.40. The van der Waals surface area contributed by atoms with E-state index in [1.165, 1.54) is 47.2 Å². The summed E-state index contributed by atoms with van der Waals surface area (Å²) >= 11 is 1.87. The van der Waals surface area contributed by atoms with Gasteiger partial charge in [0.25, 0.3) is 0 Å². The van der Waals surface area contributed by atoms with Crippen molar-refractivity contribution in [2.24, 2.45) is 0 Å². The van der Waals surface area contributed by atoms with Gasteiger partial charge < -0.3 is 9.80 Å². The topological polar surface area (TPSA) is 49.3 Å². The molecule has 1 fully saturated rings. The number of piperazine rings is 1. The zero-order chi connectivity index (χ0) is 23.7. The molecule has 0 saturated carbocycles. The van der Waals surface area contributed by atoms with Crippen molar-refractivity contribution in [2.45, 2.75) is 64.7 Å². The molecule has 5 rings (SSSR count). The molecule has 3 aromatic rings. The summed E-state index contributed by atoms with van der Waals surface area (Å²) < 4.78 is 13.2. The van der Waals surface area contributed by atoms with Crippen LogP contribution in [0.1, 0.15) is 67.3 Å². The van der Waals surface area contributed by atoms with Gasteiger partial charge in [-0.25, -0.2) is 14.4 Å². The Bertz CT molecular complexity index is 1170. The molecule has 7 heteroatoms. The zero-order valence-corrected chi connectivity index (χ0v) is 21.0. The second-order valence-corrected chi connectivity index (χ2v) is 10.7. The van der Waals surface area contributed by atoms with E-state index in [0.29, 0.717) is 25.4 Å². The van der Waals surface area contributed by atoms with E-state index in [4.69, 9.17) is 9.97 Å². The predicted molar refractivity (Wildman–Crippen MR) is 136 cm³/mol. The Kier molecular flexibility index (Phi) is 6.82. The van der Waals surface area contributed by atoms with Crippen LogP contribution >= 0.6 is 11.3 Å². The normalized spacial score (nSPS) is 17.5. The smallest absolute Gasteiger partial charge is 0.227 e. The van der Waals surface area contributed by atoms with E-state index < -0.39 is 0 Å². The molecule has 34 heavy (non-hydrogen) atoms. The third kappa shape index (κ3) is 4.67. The van der Waals surface area contributed by atoms with Crippen molar-refractivity contribution in [3.63, 3.8) is 0 Å². The van der Waals surface area contributed by atoms with Gasteiger partial charge in [0.1, 0.15) is 22.3 Å². The van der Waals surface area contributed by atoms with Crippen LogP contribution in [0.15, 0.2) is 24.3 Å². The molecule has 0 bridgehead atoms. The fraction of sp³-hybridized carbons (Fsp3) is 0.519. The van der Waals surface area contributed by atoms with Gasteiger partial charge >= 0.3 is 0 Å². The van der Waals surface area contributed by atoms with Gasteiger partial charge in [0, 0.05) is 37.0 Å². The fourth-order valence-electron chi connectivity index (χ4n) is 5.02. The van der Waals surface area contributed by atoms with Crippen LogP contribution in [0.25, 0.3) is 10.2 Å². The molecule has 1 aliphatic heterocycles. The van der Waals surface area contributed by atoms with Gasteiger partial charge in [-0.1, -0.05) is 32.4 Å². The number of rotatable bonds is 5. The van der Waals surface area contributed by atoms with Crippen molar-refractivity contribution in [3.8, 4) is 0 Å². The Morgan fingerprint density at radius 3 is 2.53 bits per heavy atom. The molecule has 0 N–H and O–H groups in total. The number of hydrogen-bond donors (Lipinski definition) is 0. The molecule has 180 valence electrons. The van der Waals surface area contributed by atoms with E-state index in [0.717, 1.165) is 54.4 Å². The lowest BCUT2D eigenvalue weighted by Crippen LogP contribution is -2.49. The first-order valence-electron chi connectivity index (χ1n) is 12.6. The molecule has 3 heterocycles. The third-order valence-corrected chi connectivity index (χ3v) is 8.50. The number of amides is 1. The summed E-state index contributed by atoms with van der Waals surface area (Å²) in [6.07, 6.45) is 7.38. The summed E-state index contributed by atoms with van der Waals surface area (Å²) in [5.41, 5.74) is 2.32. The maximum Gasteiger partial charge on any atom is 0.227 e. The Labute approximate surface area is 205 Å². The summed E-state index contributed by atoms with van der Waals surface area (Å²) in [5.74, 6) is 2.16. The monoisotopic (exact) mass is 480 g/mol. The predicted octanol–water partition coefficient (Wildman–Crippen LogP) is 5.50. The van der Waals surface area contributed by atoms with Crippen LogP contribution in [0, 0.1) is 5.82 Å². The minimum Gasteiger partial charge on any atom is -0.352 e. The highest BCUT2D eigenvalue weighted by molar-refractivity contribution is 7.19. The molecule has 2 aliphatic rings. The molecule has 0 spiro atoms. The van der Waals surface area contributed by atoms with Gasteiger partial charge in [0.15, 0.2) is 0 Å². The van der Waals surface area contributed by atoms with Gasteiger partial charge in [-0.15, -0.1) is 11.3 Å². The lowest BCUT2D eigenvalue weighted by atomic mass is 10.1. The molecular weight excluding hydrogens is 447 g/mol. The van der Waals surface area contributed by atoms with E-state index in [9.17, 15) is 9.18 Å². The van der Waals surface area contributed by atoms with Crippen LogP contribution in [0.3, 0.4) is 0 Å². The van der Waals surface area contributed by atoms with E-state index in [1.54, 1.807) is 12.1 Å². The zero-order valence-electron chi connectivity index (χ0n) is 20.1. The molecule has 1 amide bonds. The number of anilines is 1. The van der Waals surface area contributed by atoms with E-state index >= 15 is 0 Å². The van der Waals surface area contributed by atoms with E-state index in [2.05, 4.69) is 18.7 Å². The van der Waals surface area contributed by atoms with Crippen LogP contribution in [0.4, 0.5) is 10.2 Å². The Hall–Kier alpha value is -2.54. The number of carbonyl (C=O) groups excluding carboxylic acids is 1. The number of aryl methyl sites for hydroxylation is 2. The largest absolute Gasteiger partial charge is 0.352 e. The number of fused-ring (bicyclic) bond motifs is 3. The summed E-state index contributed by atoms with van der Waals surface area (Å²) in [6.45, 7) is 7.28. The van der Waals surface area contributed by atoms with Gasteiger partial charge in [0.05, 0.1) is 11.8 Å². The standard InChI is InChI=1S/C27H33FN4OS/c1-3-18(2)25-29-26(24-21-7-5-4-6-8-22(21)34-27(24)30-25)32-15-13-31(14-16-32)23(33)17-19-9-11-20(28)12-10-19/h9-12,18H,3-8,13-17H2,1-2H3. The Balaban J connectivity index is 1.39. The van der Waals surface area contributed by atoms with Crippen molar-refractivity contribution in [1.82, 2.24) is 14.9 Å². The first kappa shape index (κ1) is 23.2. The summed E-state index contributed by atoms with van der Waals surface area (Å²) in [5, 5.41) is 1.26. The van der Waals surface area contributed by atoms with Gasteiger partial charge in [-0.2, -0.15) is 0 Å². The van der Waals surface area contributed by atoms with Crippen LogP contribution in [-0.2, 0) is 24.1 Å². The summed E-state index contributed by atoms with van der Waals surface area (Å²) in [4.78, 5) is 30.0. The van der Waals surface area contributed by atoms with Crippen molar-refractivity contribution < 1.29 is 9.18 Å². The molecular formula is C27H33FN4OS. The number of thiophene rings is 1. The highest BCUT2D eigenvalue weighted by atomic mass is 32.1. The molecule has 5 nitrogen and oxygen atoms in total. The Morgan fingerprint density at radius 2 is 1.79 bits per heavy atom. The minimum absolute atomic E-state index is 0.101. The van der Waals surface area contributed by atoms with Crippen LogP contribution in [-0.4, -0.2) is 47.0 Å². The Morgan fingerprint density at radius 1 is 1.06 bits per heavy atom. The van der Waals surface area contributed by atoms with Crippen LogP contribution in [0.2, 0.25) is 0 Å². The van der Waals surface area contributed by atoms with Gasteiger partial charge in [-0.05, 0) is 55.4 Å². The van der Waals surface area contributed by atoms with Crippen molar-refractivity contribution >= 4 is 33.3 Å². The van der Waals surface area contributed by atoms with Crippen molar-refractivity contribution in [1.29, 1.82) is 0 Å². The number of hydrogen-bond acceptors (Lipinski definition) is 5. The van der Waals surface area contributed by atoms with E-state index in [-0.39, 0.29) is 11.7 Å². The molecule has 0 radical (unpaired) electrons. The first-order valence-corrected chi connectivity index (χ1v) is 13.4. The summed E-state index contributed by atoms with van der Waals surface area (Å²) in [6, 6.07) is 6.22. The van der Waals surface area contributed by atoms with Crippen molar-refractivity contribution in [2.75, 3.05) is 31.1 Å². The SMILES string of the molecule is CCC(C)c1nc(N2CCN(C(=O)Cc3ccc(F)cc3)CC2)c2c3c(sc2n1)CCCCC3. The molecule has 1 saturated heterocycles. The highest BCUT2D eigenvalue weighted by Gasteiger charge is 2.27. The van der Waals surface area contributed by atoms with Crippen LogP contribution < -0.4 is 4.90 Å². The fourth-order valence-corrected chi connectivity index (χ4v) is 6.28. The second kappa shape index (κ2) is 9.98. The van der Waals surface area contributed by atoms with Crippen molar-refractivity contribution in [3.05, 3.63) is 51.9 Å². The number of nitrogens with zero attached hydrogens (tertiary/aromatic N) is 4. The molecule has 1 unspecified atom stereocenters.